The molecule has 0 saturated heterocycles. The minimum absolute atomic E-state index is 0.123. The van der Waals surface area contributed by atoms with Crippen molar-refractivity contribution in [1.29, 1.82) is 0 Å². The first-order valence-corrected chi connectivity index (χ1v) is 6.09. The molecule has 96 valence electrons. The zero-order valence-corrected chi connectivity index (χ0v) is 10.3. The first-order valence-electron chi connectivity index (χ1n) is 6.09. The van der Waals surface area contributed by atoms with Crippen molar-refractivity contribution in [3.63, 3.8) is 0 Å². The molecule has 1 aromatic carbocycles. The number of ether oxygens (including phenoxy) is 2. The Bertz CT molecular complexity index is 509. The van der Waals surface area contributed by atoms with Crippen LogP contribution in [0, 0.1) is 6.92 Å². The van der Waals surface area contributed by atoms with Gasteiger partial charge in [-0.3, -0.25) is 10.2 Å². The Morgan fingerprint density at radius 1 is 1.28 bits per heavy atom. The summed E-state index contributed by atoms with van der Waals surface area (Å²) in [6.45, 7) is 3.10. The molecule has 2 aliphatic rings. The van der Waals surface area contributed by atoms with Crippen LogP contribution in [0.1, 0.15) is 24.0 Å². The first-order chi connectivity index (χ1) is 8.67. The van der Waals surface area contributed by atoms with Crippen LogP contribution in [0.5, 0.6) is 11.5 Å². The standard InChI is InChI=1S/C13H16N2O3/c1-8-6-10-11(18-5-4-17-10)7-9(8)13(2-3-13)12(16)15-14/h6-7H,2-5,14H2,1H3,(H,15,16). The van der Waals surface area contributed by atoms with Crippen LogP contribution < -0.4 is 20.7 Å². The second kappa shape index (κ2) is 3.88. The molecule has 1 aliphatic heterocycles. The molecule has 3 N–H and O–H groups in total. The third-order valence-electron chi connectivity index (χ3n) is 3.72. The van der Waals surface area contributed by atoms with Crippen molar-refractivity contribution in [2.24, 2.45) is 5.84 Å². The van der Waals surface area contributed by atoms with Crippen LogP contribution in [0.15, 0.2) is 12.1 Å². The lowest BCUT2D eigenvalue weighted by molar-refractivity contribution is -0.123. The minimum atomic E-state index is -0.464. The summed E-state index contributed by atoms with van der Waals surface area (Å²) >= 11 is 0. The Morgan fingerprint density at radius 3 is 2.44 bits per heavy atom. The van der Waals surface area contributed by atoms with Crippen LogP contribution in [-0.2, 0) is 10.2 Å². The van der Waals surface area contributed by atoms with E-state index >= 15 is 0 Å². The third kappa shape index (κ3) is 1.54. The molecule has 0 spiro atoms. The number of nitrogens with two attached hydrogens (primary N) is 1. The quantitative estimate of drug-likeness (QED) is 0.461. The molecule has 5 nitrogen and oxygen atoms in total. The lowest BCUT2D eigenvalue weighted by Gasteiger charge is -2.23. The largest absolute Gasteiger partial charge is 0.486 e. The van der Waals surface area contributed by atoms with Crippen molar-refractivity contribution in [1.82, 2.24) is 5.43 Å². The van der Waals surface area contributed by atoms with Crippen LogP contribution >= 0.6 is 0 Å². The molecular formula is C13H16N2O3. The number of aryl methyl sites for hydroxylation is 1. The average molecular weight is 248 g/mol. The van der Waals surface area contributed by atoms with Crippen LogP contribution in [-0.4, -0.2) is 19.1 Å². The molecule has 5 heteroatoms. The highest BCUT2D eigenvalue weighted by Gasteiger charge is 2.52. The molecule has 1 fully saturated rings. The van der Waals surface area contributed by atoms with E-state index in [1.54, 1.807) is 0 Å². The maximum atomic E-state index is 11.9. The highest BCUT2D eigenvalue weighted by Crippen LogP contribution is 2.51. The number of hydrogen-bond acceptors (Lipinski definition) is 4. The van der Waals surface area contributed by atoms with Gasteiger partial charge in [0.15, 0.2) is 11.5 Å². The molecule has 0 atom stereocenters. The smallest absolute Gasteiger partial charge is 0.244 e. The fraction of sp³-hybridized carbons (Fsp3) is 0.462. The molecule has 0 radical (unpaired) electrons. The summed E-state index contributed by atoms with van der Waals surface area (Å²) in [7, 11) is 0. The van der Waals surface area contributed by atoms with Gasteiger partial charge in [-0.2, -0.15) is 0 Å². The van der Waals surface area contributed by atoms with E-state index < -0.39 is 5.41 Å². The Morgan fingerprint density at radius 2 is 1.89 bits per heavy atom. The number of carbonyl (C=O) groups excluding carboxylic acids is 1. The third-order valence-corrected chi connectivity index (χ3v) is 3.72. The van der Waals surface area contributed by atoms with Gasteiger partial charge in [0.25, 0.3) is 0 Å². The Labute approximate surface area is 105 Å². The van der Waals surface area contributed by atoms with Crippen molar-refractivity contribution in [2.45, 2.75) is 25.2 Å². The van der Waals surface area contributed by atoms with Crippen molar-refractivity contribution in [3.05, 3.63) is 23.3 Å². The van der Waals surface area contributed by atoms with Gasteiger partial charge in [0.2, 0.25) is 5.91 Å². The van der Waals surface area contributed by atoms with Gasteiger partial charge in [0.05, 0.1) is 5.41 Å². The maximum absolute atomic E-state index is 11.9. The fourth-order valence-electron chi connectivity index (χ4n) is 2.59. The van der Waals surface area contributed by atoms with Crippen molar-refractivity contribution in [2.75, 3.05) is 13.2 Å². The van der Waals surface area contributed by atoms with Gasteiger partial charge >= 0.3 is 0 Å². The summed E-state index contributed by atoms with van der Waals surface area (Å²) in [5.74, 6) is 6.62. The number of hydrogen-bond donors (Lipinski definition) is 2. The van der Waals surface area contributed by atoms with Gasteiger partial charge in [-0.1, -0.05) is 0 Å². The van der Waals surface area contributed by atoms with Gasteiger partial charge in [0.1, 0.15) is 13.2 Å². The number of benzene rings is 1. The second-order valence-electron chi connectivity index (χ2n) is 4.87. The predicted molar refractivity (Wildman–Crippen MR) is 65.4 cm³/mol. The maximum Gasteiger partial charge on any atom is 0.244 e. The zero-order chi connectivity index (χ0) is 12.8. The highest BCUT2D eigenvalue weighted by atomic mass is 16.6. The summed E-state index contributed by atoms with van der Waals surface area (Å²) in [5.41, 5.74) is 3.84. The summed E-state index contributed by atoms with van der Waals surface area (Å²) in [6.07, 6.45) is 1.66. The lowest BCUT2D eigenvalue weighted by Crippen LogP contribution is -2.39. The number of amides is 1. The Kier molecular flexibility index (Phi) is 2.45. The molecule has 0 unspecified atom stereocenters. The summed E-state index contributed by atoms with van der Waals surface area (Å²) in [5, 5.41) is 0. The molecule has 0 aromatic heterocycles. The van der Waals surface area contributed by atoms with Gasteiger partial charge in [-0.05, 0) is 43.0 Å². The van der Waals surface area contributed by atoms with Crippen LogP contribution in [0.25, 0.3) is 0 Å². The first kappa shape index (κ1) is 11.3. The van der Waals surface area contributed by atoms with Gasteiger partial charge < -0.3 is 9.47 Å². The van der Waals surface area contributed by atoms with E-state index in [0.717, 1.165) is 35.5 Å². The van der Waals surface area contributed by atoms with E-state index in [1.807, 2.05) is 19.1 Å². The SMILES string of the molecule is Cc1cc2c(cc1C1(C(=O)NN)CC1)OCCO2. The summed E-state index contributed by atoms with van der Waals surface area (Å²) < 4.78 is 11.1. The van der Waals surface area contributed by atoms with Crippen LogP contribution in [0.3, 0.4) is 0 Å². The van der Waals surface area contributed by atoms with Crippen molar-refractivity contribution < 1.29 is 14.3 Å². The molecule has 1 heterocycles. The lowest BCUT2D eigenvalue weighted by atomic mass is 9.90. The average Bonchev–Trinajstić information content (AvgIpc) is 3.18. The molecule has 1 saturated carbocycles. The number of hydrazine groups is 1. The monoisotopic (exact) mass is 248 g/mol. The molecule has 1 aromatic rings. The van der Waals surface area contributed by atoms with Crippen molar-refractivity contribution >= 4 is 5.91 Å². The second-order valence-corrected chi connectivity index (χ2v) is 4.87. The number of fused-ring (bicyclic) bond motifs is 1. The molecule has 1 amide bonds. The van der Waals surface area contributed by atoms with E-state index in [-0.39, 0.29) is 5.91 Å². The van der Waals surface area contributed by atoms with Crippen LogP contribution in [0.4, 0.5) is 0 Å². The molecule has 1 aliphatic carbocycles. The van der Waals surface area contributed by atoms with Gasteiger partial charge in [-0.15, -0.1) is 0 Å². The van der Waals surface area contributed by atoms with Crippen LogP contribution in [0.2, 0.25) is 0 Å². The fourth-order valence-corrected chi connectivity index (χ4v) is 2.59. The normalized spacial score (nSPS) is 19.2. The summed E-state index contributed by atoms with van der Waals surface area (Å²) in [6, 6.07) is 3.86. The number of rotatable bonds is 2. The zero-order valence-electron chi connectivity index (χ0n) is 10.3. The molecule has 18 heavy (non-hydrogen) atoms. The topological polar surface area (TPSA) is 73.6 Å². The predicted octanol–water partition coefficient (Wildman–Crippen LogP) is 0.788. The van der Waals surface area contributed by atoms with E-state index in [1.165, 1.54) is 0 Å². The van der Waals surface area contributed by atoms with E-state index in [0.29, 0.717) is 13.2 Å². The van der Waals surface area contributed by atoms with E-state index in [9.17, 15) is 4.79 Å². The number of nitrogens with one attached hydrogen (secondary N) is 1. The van der Waals surface area contributed by atoms with Gasteiger partial charge in [0, 0.05) is 0 Å². The Hall–Kier alpha value is -1.75. The molecule has 0 bridgehead atoms. The molecular weight excluding hydrogens is 232 g/mol. The molecule has 3 rings (SSSR count). The Balaban J connectivity index is 2.05. The highest BCUT2D eigenvalue weighted by molar-refractivity contribution is 5.91. The van der Waals surface area contributed by atoms with E-state index in [2.05, 4.69) is 5.43 Å². The minimum Gasteiger partial charge on any atom is -0.486 e. The van der Waals surface area contributed by atoms with Crippen molar-refractivity contribution in [3.8, 4) is 11.5 Å². The van der Waals surface area contributed by atoms with Gasteiger partial charge in [-0.25, -0.2) is 5.84 Å². The number of carbonyl (C=O) groups is 1. The summed E-state index contributed by atoms with van der Waals surface area (Å²) in [4.78, 5) is 11.9. The van der Waals surface area contributed by atoms with E-state index in [4.69, 9.17) is 15.3 Å².